The van der Waals surface area contributed by atoms with Gasteiger partial charge in [0.25, 0.3) is 0 Å². The van der Waals surface area contributed by atoms with Crippen LogP contribution in [-0.2, 0) is 9.59 Å². The maximum absolute atomic E-state index is 12.5. The average Bonchev–Trinajstić information content (AvgIpc) is 2.74. The van der Waals surface area contributed by atoms with Crippen molar-refractivity contribution in [3.05, 3.63) is 0 Å². The average molecular weight is 269 g/mol. The molecule has 2 aliphatic rings. The van der Waals surface area contributed by atoms with Crippen molar-refractivity contribution < 1.29 is 19.8 Å². The van der Waals surface area contributed by atoms with Gasteiger partial charge in [0.2, 0.25) is 5.91 Å². The lowest BCUT2D eigenvalue weighted by molar-refractivity contribution is -0.150. The van der Waals surface area contributed by atoms with E-state index >= 15 is 0 Å². The molecule has 1 amide bonds. The first kappa shape index (κ1) is 14.3. The smallest absolute Gasteiger partial charge is 0.307 e. The van der Waals surface area contributed by atoms with Gasteiger partial charge in [-0.25, -0.2) is 0 Å². The van der Waals surface area contributed by atoms with E-state index in [0.29, 0.717) is 38.3 Å². The Balaban J connectivity index is 2.04. The summed E-state index contributed by atoms with van der Waals surface area (Å²) in [5.41, 5.74) is 0. The van der Waals surface area contributed by atoms with Crippen molar-refractivity contribution in [3.63, 3.8) is 0 Å². The first-order chi connectivity index (χ1) is 8.90. The molecule has 0 aromatic carbocycles. The molecule has 0 radical (unpaired) electrons. The summed E-state index contributed by atoms with van der Waals surface area (Å²) in [6.45, 7) is 5.01. The summed E-state index contributed by atoms with van der Waals surface area (Å²) in [6.07, 6.45) is 1.51. The summed E-state index contributed by atoms with van der Waals surface area (Å²) in [5, 5.41) is 18.9. The number of aliphatic carboxylic acids is 1. The van der Waals surface area contributed by atoms with Gasteiger partial charge in [0.1, 0.15) is 0 Å². The van der Waals surface area contributed by atoms with Crippen LogP contribution in [0.25, 0.3) is 0 Å². The van der Waals surface area contributed by atoms with E-state index in [4.69, 9.17) is 0 Å². The van der Waals surface area contributed by atoms with Gasteiger partial charge in [-0.05, 0) is 31.1 Å². The fourth-order valence-corrected chi connectivity index (χ4v) is 3.41. The molecule has 5 unspecified atom stereocenters. The van der Waals surface area contributed by atoms with Gasteiger partial charge >= 0.3 is 5.97 Å². The molecule has 0 bridgehead atoms. The summed E-state index contributed by atoms with van der Waals surface area (Å²) in [6, 6.07) is 0. The molecule has 2 rings (SSSR count). The van der Waals surface area contributed by atoms with E-state index < -0.39 is 11.9 Å². The van der Waals surface area contributed by atoms with E-state index in [9.17, 15) is 19.8 Å². The van der Waals surface area contributed by atoms with Crippen LogP contribution in [0.4, 0.5) is 0 Å². The quantitative estimate of drug-likeness (QED) is 0.783. The highest BCUT2D eigenvalue weighted by Gasteiger charge is 2.43. The van der Waals surface area contributed by atoms with E-state index in [1.807, 2.05) is 13.8 Å². The Bertz CT molecular complexity index is 370. The Hall–Kier alpha value is -1.10. The third-order valence-electron chi connectivity index (χ3n) is 4.60. The minimum atomic E-state index is -0.854. The molecule has 0 spiro atoms. The standard InChI is InChI=1S/C14H23NO4/c1-8-5-10(11(6-8)14(18)19)13(17)15-4-3-12(16)9(2)7-15/h8-12,16H,3-7H2,1-2H3,(H,18,19). The van der Waals surface area contributed by atoms with Gasteiger partial charge in [-0.15, -0.1) is 0 Å². The van der Waals surface area contributed by atoms with Crippen LogP contribution in [-0.4, -0.2) is 46.2 Å². The minimum absolute atomic E-state index is 0.0319. The first-order valence-electron chi connectivity index (χ1n) is 7.09. The summed E-state index contributed by atoms with van der Waals surface area (Å²) in [5.74, 6) is -1.44. The molecular formula is C14H23NO4. The monoisotopic (exact) mass is 269 g/mol. The summed E-state index contributed by atoms with van der Waals surface area (Å²) >= 11 is 0. The molecule has 1 saturated carbocycles. The molecule has 1 aliphatic carbocycles. The predicted molar refractivity (Wildman–Crippen MR) is 69.4 cm³/mol. The molecule has 5 atom stereocenters. The van der Waals surface area contributed by atoms with Gasteiger partial charge in [0.15, 0.2) is 0 Å². The van der Waals surface area contributed by atoms with Gasteiger partial charge in [-0.2, -0.15) is 0 Å². The Kier molecular flexibility index (Phi) is 4.13. The zero-order valence-electron chi connectivity index (χ0n) is 11.6. The van der Waals surface area contributed by atoms with E-state index in [1.54, 1.807) is 4.90 Å². The molecule has 5 heteroatoms. The third-order valence-corrected chi connectivity index (χ3v) is 4.60. The highest BCUT2D eigenvalue weighted by atomic mass is 16.4. The predicted octanol–water partition coefficient (Wildman–Crippen LogP) is 0.963. The number of aliphatic hydroxyl groups is 1. The number of hydrogen-bond acceptors (Lipinski definition) is 3. The van der Waals surface area contributed by atoms with E-state index in [-0.39, 0.29) is 23.8 Å². The first-order valence-corrected chi connectivity index (χ1v) is 7.09. The maximum atomic E-state index is 12.5. The van der Waals surface area contributed by atoms with Crippen LogP contribution >= 0.6 is 0 Å². The van der Waals surface area contributed by atoms with Crippen LogP contribution in [0.2, 0.25) is 0 Å². The molecule has 0 aromatic rings. The topological polar surface area (TPSA) is 77.8 Å². The highest BCUT2D eigenvalue weighted by Crippen LogP contribution is 2.38. The van der Waals surface area contributed by atoms with Crippen molar-refractivity contribution in [1.29, 1.82) is 0 Å². The number of nitrogens with zero attached hydrogens (tertiary/aromatic N) is 1. The summed E-state index contributed by atoms with van der Waals surface area (Å²) < 4.78 is 0. The summed E-state index contributed by atoms with van der Waals surface area (Å²) in [4.78, 5) is 25.5. The molecule has 1 heterocycles. The lowest BCUT2D eigenvalue weighted by Gasteiger charge is -2.36. The molecule has 5 nitrogen and oxygen atoms in total. The minimum Gasteiger partial charge on any atom is -0.481 e. The molecule has 108 valence electrons. The van der Waals surface area contributed by atoms with Crippen molar-refractivity contribution in [1.82, 2.24) is 4.90 Å². The van der Waals surface area contributed by atoms with Crippen LogP contribution in [0.5, 0.6) is 0 Å². The van der Waals surface area contributed by atoms with Gasteiger partial charge in [0, 0.05) is 13.1 Å². The fraction of sp³-hybridized carbons (Fsp3) is 0.857. The number of carbonyl (C=O) groups excluding carboxylic acids is 1. The van der Waals surface area contributed by atoms with E-state index in [2.05, 4.69) is 0 Å². The number of carboxylic acid groups (broad SMARTS) is 1. The second-order valence-electron chi connectivity index (χ2n) is 6.25. The van der Waals surface area contributed by atoms with Gasteiger partial charge in [-0.1, -0.05) is 13.8 Å². The van der Waals surface area contributed by atoms with Crippen LogP contribution < -0.4 is 0 Å². The second kappa shape index (κ2) is 5.49. The molecular weight excluding hydrogens is 246 g/mol. The van der Waals surface area contributed by atoms with E-state index in [1.165, 1.54) is 0 Å². The number of carboxylic acids is 1. The Morgan fingerprint density at radius 3 is 2.37 bits per heavy atom. The molecule has 1 saturated heterocycles. The zero-order valence-corrected chi connectivity index (χ0v) is 11.6. The SMILES string of the molecule is CC1CC(C(=O)O)C(C(=O)N2CCC(O)C(C)C2)C1. The normalized spacial score (nSPS) is 39.3. The Morgan fingerprint density at radius 2 is 1.79 bits per heavy atom. The molecule has 19 heavy (non-hydrogen) atoms. The van der Waals surface area contributed by atoms with E-state index in [0.717, 1.165) is 0 Å². The molecule has 1 aliphatic heterocycles. The number of aliphatic hydroxyl groups excluding tert-OH is 1. The largest absolute Gasteiger partial charge is 0.481 e. The van der Waals surface area contributed by atoms with Crippen molar-refractivity contribution in [2.45, 2.75) is 39.2 Å². The lowest BCUT2D eigenvalue weighted by Crippen LogP contribution is -2.48. The van der Waals surface area contributed by atoms with Gasteiger partial charge in [0.05, 0.1) is 17.9 Å². The van der Waals surface area contributed by atoms with Gasteiger partial charge < -0.3 is 15.1 Å². The number of likely N-dealkylation sites (tertiary alicyclic amines) is 1. The highest BCUT2D eigenvalue weighted by molar-refractivity contribution is 5.85. The Labute approximate surface area is 113 Å². The molecule has 2 fully saturated rings. The third kappa shape index (κ3) is 2.91. The molecule has 2 N–H and O–H groups in total. The van der Waals surface area contributed by atoms with Gasteiger partial charge in [-0.3, -0.25) is 9.59 Å². The van der Waals surface area contributed by atoms with Crippen molar-refractivity contribution in [3.8, 4) is 0 Å². The van der Waals surface area contributed by atoms with Crippen LogP contribution in [0.15, 0.2) is 0 Å². The number of amides is 1. The van der Waals surface area contributed by atoms with Crippen molar-refractivity contribution >= 4 is 11.9 Å². The fourth-order valence-electron chi connectivity index (χ4n) is 3.41. The number of carbonyl (C=O) groups is 2. The number of piperidine rings is 1. The van der Waals surface area contributed by atoms with Crippen LogP contribution in [0.1, 0.15) is 33.1 Å². The van der Waals surface area contributed by atoms with Crippen molar-refractivity contribution in [2.75, 3.05) is 13.1 Å². The molecule has 0 aromatic heterocycles. The number of hydrogen-bond donors (Lipinski definition) is 2. The maximum Gasteiger partial charge on any atom is 0.307 e. The zero-order chi connectivity index (χ0) is 14.2. The number of rotatable bonds is 2. The Morgan fingerprint density at radius 1 is 1.16 bits per heavy atom. The van der Waals surface area contributed by atoms with Crippen molar-refractivity contribution in [2.24, 2.45) is 23.7 Å². The lowest BCUT2D eigenvalue weighted by atomic mass is 9.91. The second-order valence-corrected chi connectivity index (χ2v) is 6.25. The van der Waals surface area contributed by atoms with Crippen LogP contribution in [0, 0.1) is 23.7 Å². The summed E-state index contributed by atoms with van der Waals surface area (Å²) in [7, 11) is 0. The van der Waals surface area contributed by atoms with Crippen LogP contribution in [0.3, 0.4) is 0 Å².